The van der Waals surface area contributed by atoms with Crippen LogP contribution in [0, 0.1) is 0 Å². The smallest absolute Gasteiger partial charge is 0.478 e. The van der Waals surface area contributed by atoms with Crippen LogP contribution in [0.4, 0.5) is 0 Å². The van der Waals surface area contributed by atoms with E-state index in [-0.39, 0.29) is 17.3 Å². The molecule has 8 heteroatoms. The summed E-state index contributed by atoms with van der Waals surface area (Å²) in [6.07, 6.45) is 2.85. The molecule has 2 rings (SSSR count). The van der Waals surface area contributed by atoms with E-state index in [0.29, 0.717) is 11.0 Å². The molecule has 6 nitrogen and oxygen atoms in total. The van der Waals surface area contributed by atoms with Gasteiger partial charge in [-0.05, 0) is 39.2 Å². The van der Waals surface area contributed by atoms with Crippen molar-refractivity contribution in [1.29, 1.82) is 0 Å². The van der Waals surface area contributed by atoms with Crippen molar-refractivity contribution in [3.63, 3.8) is 0 Å². The average Bonchev–Trinajstić information content (AvgIpc) is 2.65. The van der Waals surface area contributed by atoms with Gasteiger partial charge in [0.25, 0.3) is 0 Å². The summed E-state index contributed by atoms with van der Waals surface area (Å²) in [7, 11) is -0.762. The first-order valence-corrected chi connectivity index (χ1v) is 7.51. The van der Waals surface area contributed by atoms with E-state index < -0.39 is 24.3 Å². The molecule has 0 amide bonds. The lowest BCUT2D eigenvalue weighted by molar-refractivity contribution is 0.00578. The highest BCUT2D eigenvalue weighted by Crippen LogP contribution is 2.38. The minimum Gasteiger partial charge on any atom is -0.478 e. The topological polar surface area (TPSA) is 88.9 Å². The van der Waals surface area contributed by atoms with Crippen LogP contribution in [0.2, 0.25) is 5.15 Å². The van der Waals surface area contributed by atoms with Gasteiger partial charge in [-0.3, -0.25) is 0 Å². The zero-order valence-electron chi connectivity index (χ0n) is 13.5. The summed E-state index contributed by atoms with van der Waals surface area (Å²) in [5.41, 5.74) is -0.386. The number of nitrogens with zero attached hydrogens (tertiary/aromatic N) is 1. The number of hydrogen-bond donors (Lipinski definition) is 2. The fourth-order valence-corrected chi connectivity index (χ4v) is 2.28. The van der Waals surface area contributed by atoms with E-state index in [2.05, 4.69) is 4.98 Å². The number of carbonyl (C=O) groups is 1. The number of carboxylic acid groups (broad SMARTS) is 1. The Balaban J connectivity index is 2.40. The van der Waals surface area contributed by atoms with Gasteiger partial charge in [-0.2, -0.15) is 0 Å². The maximum Gasteiger partial charge on any atom is 0.492 e. The number of aromatic carboxylic acids is 1. The second kappa shape index (κ2) is 6.24. The lowest BCUT2D eigenvalue weighted by Gasteiger charge is -2.32. The monoisotopic (exact) mass is 339 g/mol. The Morgan fingerprint density at radius 1 is 1.35 bits per heavy atom. The molecule has 0 aliphatic carbocycles. The van der Waals surface area contributed by atoms with Crippen molar-refractivity contribution in [2.75, 3.05) is 6.61 Å². The summed E-state index contributed by atoms with van der Waals surface area (Å²) >= 11 is 5.74. The van der Waals surface area contributed by atoms with Crippen molar-refractivity contribution >= 4 is 30.8 Å². The van der Waals surface area contributed by atoms with Gasteiger partial charge in [0.05, 0.1) is 23.4 Å². The molecule has 0 atom stereocenters. The Morgan fingerprint density at radius 2 is 1.91 bits per heavy atom. The van der Waals surface area contributed by atoms with Crippen molar-refractivity contribution in [3.8, 4) is 0 Å². The largest absolute Gasteiger partial charge is 0.492 e. The Morgan fingerprint density at radius 3 is 2.39 bits per heavy atom. The quantitative estimate of drug-likeness (QED) is 0.647. The van der Waals surface area contributed by atoms with Crippen molar-refractivity contribution in [2.24, 2.45) is 0 Å². The third-order valence-electron chi connectivity index (χ3n) is 4.21. The first kappa shape index (κ1) is 17.9. The van der Waals surface area contributed by atoms with E-state index in [4.69, 9.17) is 20.9 Å². The first-order valence-electron chi connectivity index (χ1n) is 7.13. The molecular weight excluding hydrogens is 320 g/mol. The lowest BCUT2D eigenvalue weighted by atomic mass is 9.77. The number of pyridine rings is 1. The number of aromatic nitrogens is 1. The number of rotatable bonds is 4. The van der Waals surface area contributed by atoms with Gasteiger partial charge in [0.2, 0.25) is 0 Å². The van der Waals surface area contributed by atoms with Gasteiger partial charge >= 0.3 is 13.1 Å². The van der Waals surface area contributed by atoms with E-state index in [9.17, 15) is 15.0 Å². The Kier molecular flexibility index (Phi) is 4.87. The van der Waals surface area contributed by atoms with Gasteiger partial charge in [-0.25, -0.2) is 9.78 Å². The fourth-order valence-electron chi connectivity index (χ4n) is 2.12. The molecule has 1 aromatic rings. The number of carboxylic acids is 1. The summed E-state index contributed by atoms with van der Waals surface area (Å²) in [5, 5.41) is 19.0. The van der Waals surface area contributed by atoms with E-state index in [1.807, 2.05) is 27.7 Å². The molecule has 0 unspecified atom stereocenters. The molecule has 0 aromatic carbocycles. The molecule has 1 aliphatic rings. The van der Waals surface area contributed by atoms with Crippen LogP contribution >= 0.6 is 11.6 Å². The molecule has 1 aromatic heterocycles. The first-order chi connectivity index (χ1) is 10.6. The Hall–Kier alpha value is -1.41. The maximum atomic E-state index is 11.3. The van der Waals surface area contributed by atoms with Gasteiger partial charge in [0.15, 0.2) is 0 Å². The Labute approximate surface area is 140 Å². The normalized spacial score (nSPS) is 19.9. The predicted molar refractivity (Wildman–Crippen MR) is 87.4 cm³/mol. The molecule has 1 fully saturated rings. The highest BCUT2D eigenvalue weighted by molar-refractivity contribution is 6.55. The lowest BCUT2D eigenvalue weighted by Crippen LogP contribution is -2.41. The predicted octanol–water partition coefficient (Wildman–Crippen LogP) is 2.44. The maximum absolute atomic E-state index is 11.3. The van der Waals surface area contributed by atoms with Crippen LogP contribution in [-0.2, 0) is 9.31 Å². The average molecular weight is 340 g/mol. The minimum absolute atomic E-state index is 0.00697. The molecular formula is C15H19BClNO5. The van der Waals surface area contributed by atoms with Crippen molar-refractivity contribution in [3.05, 3.63) is 34.0 Å². The molecule has 0 saturated carbocycles. The number of halogens is 1. The van der Waals surface area contributed by atoms with Crippen LogP contribution in [0.3, 0.4) is 0 Å². The van der Waals surface area contributed by atoms with E-state index >= 15 is 0 Å². The molecule has 0 radical (unpaired) electrons. The van der Waals surface area contributed by atoms with Crippen LogP contribution < -0.4 is 0 Å². The van der Waals surface area contributed by atoms with Crippen molar-refractivity contribution in [1.82, 2.24) is 4.98 Å². The highest BCUT2D eigenvalue weighted by Gasteiger charge is 2.52. The SMILES string of the molecule is CC1(C)OB(C(=Cc2cnc(Cl)cc2C(=O)O)CO)OC1(C)C. The van der Waals surface area contributed by atoms with Gasteiger partial charge in [-0.15, -0.1) is 0 Å². The zero-order valence-corrected chi connectivity index (χ0v) is 14.2. The van der Waals surface area contributed by atoms with Crippen LogP contribution in [0.5, 0.6) is 0 Å². The van der Waals surface area contributed by atoms with Crippen LogP contribution in [0.25, 0.3) is 6.08 Å². The second-order valence-corrected chi connectivity index (χ2v) is 6.75. The number of aliphatic hydroxyl groups is 1. The van der Waals surface area contributed by atoms with Gasteiger partial charge in [-0.1, -0.05) is 17.7 Å². The number of aliphatic hydroxyl groups excluding tert-OH is 1. The van der Waals surface area contributed by atoms with Gasteiger partial charge in [0.1, 0.15) is 5.15 Å². The molecule has 0 spiro atoms. The summed E-state index contributed by atoms with van der Waals surface area (Å²) in [6.45, 7) is 7.25. The van der Waals surface area contributed by atoms with Gasteiger partial charge in [0, 0.05) is 11.8 Å². The third kappa shape index (κ3) is 3.58. The van der Waals surface area contributed by atoms with Crippen LogP contribution in [0.15, 0.2) is 17.7 Å². The van der Waals surface area contributed by atoms with Gasteiger partial charge < -0.3 is 19.5 Å². The van der Waals surface area contributed by atoms with Crippen LogP contribution in [-0.4, -0.2) is 46.1 Å². The van der Waals surface area contributed by atoms with Crippen molar-refractivity contribution < 1.29 is 24.3 Å². The summed E-state index contributed by atoms with van der Waals surface area (Å²) in [5.74, 6) is -1.13. The molecule has 0 bridgehead atoms. The van der Waals surface area contributed by atoms with E-state index in [0.717, 1.165) is 0 Å². The summed E-state index contributed by atoms with van der Waals surface area (Å²) in [4.78, 5) is 15.2. The highest BCUT2D eigenvalue weighted by atomic mass is 35.5. The minimum atomic E-state index is -1.13. The molecule has 2 N–H and O–H groups in total. The van der Waals surface area contributed by atoms with Crippen LogP contribution in [0.1, 0.15) is 43.6 Å². The summed E-state index contributed by atoms with van der Waals surface area (Å²) < 4.78 is 11.7. The fraction of sp³-hybridized carbons (Fsp3) is 0.467. The molecule has 1 saturated heterocycles. The molecule has 124 valence electrons. The second-order valence-electron chi connectivity index (χ2n) is 6.37. The summed E-state index contributed by atoms with van der Waals surface area (Å²) in [6, 6.07) is 1.26. The third-order valence-corrected chi connectivity index (χ3v) is 4.42. The standard InChI is InChI=1S/C15H19BClNO5/c1-14(2)15(3,4)23-16(22-14)10(8-19)5-9-7-18-12(17)6-11(9)13(20)21/h5-7,19H,8H2,1-4H3,(H,20,21). The van der Waals surface area contributed by atoms with E-state index in [1.54, 1.807) is 0 Å². The molecule has 2 heterocycles. The molecule has 23 heavy (non-hydrogen) atoms. The zero-order chi connectivity index (χ0) is 17.4. The molecule has 1 aliphatic heterocycles. The Bertz CT molecular complexity index is 643. The van der Waals surface area contributed by atoms with Crippen molar-refractivity contribution in [2.45, 2.75) is 38.9 Å². The number of hydrogen-bond acceptors (Lipinski definition) is 5. The van der Waals surface area contributed by atoms with E-state index in [1.165, 1.54) is 18.3 Å².